The molecule has 5 rings (SSSR count). The third-order valence-corrected chi connectivity index (χ3v) is 6.31. The van der Waals surface area contributed by atoms with Crippen LogP contribution in [0.15, 0.2) is 77.7 Å². The summed E-state index contributed by atoms with van der Waals surface area (Å²) < 4.78 is 6.76. The van der Waals surface area contributed by atoms with Crippen molar-refractivity contribution >= 4 is 17.1 Å². The molecule has 1 fully saturated rings. The number of amides is 1. The number of rotatable bonds is 6. The van der Waals surface area contributed by atoms with E-state index in [4.69, 9.17) is 4.74 Å². The average Bonchev–Trinajstić information content (AvgIpc) is 2.91. The third kappa shape index (κ3) is 4.93. The van der Waals surface area contributed by atoms with Crippen LogP contribution < -0.4 is 10.3 Å². The Labute approximate surface area is 203 Å². The van der Waals surface area contributed by atoms with Crippen molar-refractivity contribution in [1.82, 2.24) is 24.3 Å². The zero-order valence-corrected chi connectivity index (χ0v) is 19.6. The fourth-order valence-electron chi connectivity index (χ4n) is 4.38. The summed E-state index contributed by atoms with van der Waals surface area (Å²) in [5.41, 5.74) is 2.64. The second-order valence-electron chi connectivity index (χ2n) is 8.60. The lowest BCUT2D eigenvalue weighted by molar-refractivity contribution is 0.0620. The first-order valence-corrected chi connectivity index (χ1v) is 11.7. The monoisotopic (exact) mass is 469 g/mol. The number of aromatic nitrogens is 3. The highest BCUT2D eigenvalue weighted by Gasteiger charge is 2.27. The van der Waals surface area contributed by atoms with Gasteiger partial charge in [0.1, 0.15) is 11.3 Å². The van der Waals surface area contributed by atoms with Crippen molar-refractivity contribution in [2.45, 2.75) is 13.1 Å². The Morgan fingerprint density at radius 3 is 2.31 bits per heavy atom. The molecule has 1 aliphatic heterocycles. The molecule has 0 saturated carbocycles. The van der Waals surface area contributed by atoms with Crippen LogP contribution in [0.1, 0.15) is 21.6 Å². The summed E-state index contributed by atoms with van der Waals surface area (Å²) in [4.78, 5) is 39.8. The Kier molecular flexibility index (Phi) is 6.54. The number of methoxy groups -OCH3 is 1. The highest BCUT2D eigenvalue weighted by molar-refractivity contribution is 5.93. The summed E-state index contributed by atoms with van der Waals surface area (Å²) in [5.74, 6) is 0.407. The highest BCUT2D eigenvalue weighted by atomic mass is 16.5. The zero-order chi connectivity index (χ0) is 24.2. The Hall–Kier alpha value is -4.04. The number of nitrogens with zero attached hydrogens (tertiary/aromatic N) is 5. The van der Waals surface area contributed by atoms with Crippen molar-refractivity contribution < 1.29 is 9.53 Å². The quantitative estimate of drug-likeness (QED) is 0.432. The zero-order valence-electron chi connectivity index (χ0n) is 19.6. The van der Waals surface area contributed by atoms with Gasteiger partial charge in [0.05, 0.1) is 13.7 Å². The molecule has 2 aromatic carbocycles. The number of pyridine rings is 1. The summed E-state index contributed by atoms with van der Waals surface area (Å²) in [7, 11) is 1.61. The lowest BCUT2D eigenvalue weighted by atomic mass is 10.2. The molecule has 178 valence electrons. The maximum Gasteiger partial charge on any atom is 0.284 e. The normalized spacial score (nSPS) is 14.3. The molecular weight excluding hydrogens is 442 g/mol. The average molecular weight is 470 g/mol. The van der Waals surface area contributed by atoms with Crippen LogP contribution in [-0.2, 0) is 13.1 Å². The van der Waals surface area contributed by atoms with Crippen LogP contribution >= 0.6 is 0 Å². The van der Waals surface area contributed by atoms with Crippen LogP contribution in [0, 0.1) is 0 Å². The first kappa shape index (κ1) is 22.7. The maximum atomic E-state index is 13.5. The first-order valence-electron chi connectivity index (χ1n) is 11.7. The highest BCUT2D eigenvalue weighted by Crippen LogP contribution is 2.15. The second kappa shape index (κ2) is 10.1. The standard InChI is InChI=1S/C27H27N5O3/c1-35-22-11-9-21(10-12-22)19-32-25-23(8-5-13-28-25)29-24(27(32)34)26(33)31-16-14-30(15-17-31)18-20-6-3-2-4-7-20/h2-13H,14-19H2,1H3. The molecule has 4 aromatic rings. The van der Waals surface area contributed by atoms with Gasteiger partial charge in [-0.1, -0.05) is 42.5 Å². The van der Waals surface area contributed by atoms with Crippen molar-refractivity contribution in [3.8, 4) is 5.75 Å². The number of carbonyl (C=O) groups is 1. The molecule has 0 atom stereocenters. The predicted octanol–water partition coefficient (Wildman–Crippen LogP) is 2.81. The summed E-state index contributed by atoms with van der Waals surface area (Å²) in [6.07, 6.45) is 1.63. The van der Waals surface area contributed by atoms with Gasteiger partial charge in [-0.15, -0.1) is 0 Å². The predicted molar refractivity (Wildman–Crippen MR) is 134 cm³/mol. The number of hydrogen-bond donors (Lipinski definition) is 0. The molecule has 8 heteroatoms. The molecule has 0 bridgehead atoms. The van der Waals surface area contributed by atoms with E-state index < -0.39 is 5.56 Å². The Bertz CT molecular complexity index is 1380. The van der Waals surface area contributed by atoms with E-state index in [1.807, 2.05) is 42.5 Å². The third-order valence-electron chi connectivity index (χ3n) is 6.31. The van der Waals surface area contributed by atoms with Gasteiger partial charge in [-0.05, 0) is 35.4 Å². The van der Waals surface area contributed by atoms with Crippen LogP contribution in [-0.4, -0.2) is 63.5 Å². The number of ether oxygens (including phenoxy) is 1. The Morgan fingerprint density at radius 1 is 0.886 bits per heavy atom. The molecule has 0 N–H and O–H groups in total. The Morgan fingerprint density at radius 2 is 1.60 bits per heavy atom. The molecule has 8 nitrogen and oxygen atoms in total. The van der Waals surface area contributed by atoms with E-state index in [1.54, 1.807) is 30.3 Å². The molecule has 1 saturated heterocycles. The van der Waals surface area contributed by atoms with Crippen LogP contribution in [0.25, 0.3) is 11.2 Å². The van der Waals surface area contributed by atoms with E-state index in [-0.39, 0.29) is 18.1 Å². The van der Waals surface area contributed by atoms with Gasteiger partial charge < -0.3 is 9.64 Å². The molecule has 1 amide bonds. The fourth-order valence-corrected chi connectivity index (χ4v) is 4.38. The van der Waals surface area contributed by atoms with Gasteiger partial charge in [0.2, 0.25) is 0 Å². The van der Waals surface area contributed by atoms with E-state index >= 15 is 0 Å². The van der Waals surface area contributed by atoms with E-state index in [1.165, 1.54) is 10.1 Å². The van der Waals surface area contributed by atoms with Crippen molar-refractivity contribution in [1.29, 1.82) is 0 Å². The number of fused-ring (bicyclic) bond motifs is 1. The van der Waals surface area contributed by atoms with Gasteiger partial charge in [0, 0.05) is 38.9 Å². The SMILES string of the molecule is COc1ccc(Cn2c(=O)c(C(=O)N3CCN(Cc4ccccc4)CC3)nc3cccnc32)cc1. The van der Waals surface area contributed by atoms with Gasteiger partial charge in [-0.25, -0.2) is 9.97 Å². The molecule has 0 radical (unpaired) electrons. The van der Waals surface area contributed by atoms with Gasteiger partial charge >= 0.3 is 0 Å². The molecular formula is C27H27N5O3. The fraction of sp³-hybridized carbons (Fsp3) is 0.259. The minimum absolute atomic E-state index is 0.0597. The largest absolute Gasteiger partial charge is 0.497 e. The van der Waals surface area contributed by atoms with Gasteiger partial charge in [0.15, 0.2) is 11.3 Å². The molecule has 3 heterocycles. The summed E-state index contributed by atoms with van der Waals surface area (Å²) in [6, 6.07) is 21.3. The van der Waals surface area contributed by atoms with E-state index in [9.17, 15) is 9.59 Å². The molecule has 0 aliphatic carbocycles. The number of benzene rings is 2. The van der Waals surface area contributed by atoms with Gasteiger partial charge in [-0.3, -0.25) is 19.1 Å². The molecule has 0 unspecified atom stereocenters. The summed E-state index contributed by atoms with van der Waals surface area (Å²) in [6.45, 7) is 3.72. The van der Waals surface area contributed by atoms with Crippen LogP contribution in [0.5, 0.6) is 5.75 Å². The minimum atomic E-state index is -0.427. The summed E-state index contributed by atoms with van der Waals surface area (Å²) in [5, 5.41) is 0. The van der Waals surface area contributed by atoms with Crippen molar-refractivity contribution in [2.75, 3.05) is 33.3 Å². The number of hydrogen-bond acceptors (Lipinski definition) is 6. The molecule has 2 aromatic heterocycles. The lowest BCUT2D eigenvalue weighted by Crippen LogP contribution is -2.49. The minimum Gasteiger partial charge on any atom is -0.497 e. The molecule has 0 spiro atoms. The van der Waals surface area contributed by atoms with Crippen molar-refractivity contribution in [3.63, 3.8) is 0 Å². The van der Waals surface area contributed by atoms with E-state index in [0.717, 1.165) is 30.9 Å². The smallest absolute Gasteiger partial charge is 0.284 e. The van der Waals surface area contributed by atoms with Crippen LogP contribution in [0.4, 0.5) is 0 Å². The maximum absolute atomic E-state index is 13.5. The first-order chi connectivity index (χ1) is 17.1. The van der Waals surface area contributed by atoms with Gasteiger partial charge in [0.25, 0.3) is 11.5 Å². The number of carbonyl (C=O) groups excluding carboxylic acids is 1. The molecule has 35 heavy (non-hydrogen) atoms. The molecule has 1 aliphatic rings. The van der Waals surface area contributed by atoms with E-state index in [2.05, 4.69) is 27.0 Å². The lowest BCUT2D eigenvalue weighted by Gasteiger charge is -2.34. The van der Waals surface area contributed by atoms with Crippen LogP contribution in [0.3, 0.4) is 0 Å². The second-order valence-corrected chi connectivity index (χ2v) is 8.60. The van der Waals surface area contributed by atoms with Crippen molar-refractivity contribution in [3.05, 3.63) is 100 Å². The van der Waals surface area contributed by atoms with Crippen LogP contribution in [0.2, 0.25) is 0 Å². The Balaban J connectivity index is 1.38. The number of piperazine rings is 1. The topological polar surface area (TPSA) is 80.6 Å². The van der Waals surface area contributed by atoms with Gasteiger partial charge in [-0.2, -0.15) is 0 Å². The van der Waals surface area contributed by atoms with E-state index in [0.29, 0.717) is 24.3 Å². The van der Waals surface area contributed by atoms with Crippen molar-refractivity contribution in [2.24, 2.45) is 0 Å². The summed E-state index contributed by atoms with van der Waals surface area (Å²) >= 11 is 0.